The summed E-state index contributed by atoms with van der Waals surface area (Å²) in [6.07, 6.45) is 5.14. The molecule has 0 saturated carbocycles. The summed E-state index contributed by atoms with van der Waals surface area (Å²) in [6.45, 7) is 2.05. The van der Waals surface area contributed by atoms with E-state index >= 15 is 0 Å². The van der Waals surface area contributed by atoms with Gasteiger partial charge in [-0.25, -0.2) is 9.67 Å². The highest BCUT2D eigenvalue weighted by Crippen LogP contribution is 2.12. The van der Waals surface area contributed by atoms with Gasteiger partial charge in [0.1, 0.15) is 12.7 Å². The lowest BCUT2D eigenvalue weighted by atomic mass is 10.1. The van der Waals surface area contributed by atoms with Crippen molar-refractivity contribution >= 4 is 11.8 Å². The van der Waals surface area contributed by atoms with Crippen molar-refractivity contribution in [3.8, 4) is 0 Å². The van der Waals surface area contributed by atoms with Crippen molar-refractivity contribution in [1.29, 1.82) is 0 Å². The average Bonchev–Trinajstić information content (AvgIpc) is 2.72. The largest absolute Gasteiger partial charge is 0.228 e. The summed E-state index contributed by atoms with van der Waals surface area (Å²) in [7, 11) is 0. The first-order valence-corrected chi connectivity index (χ1v) is 4.44. The van der Waals surface area contributed by atoms with Crippen molar-refractivity contribution in [1.82, 2.24) is 14.8 Å². The van der Waals surface area contributed by atoms with Gasteiger partial charge in [-0.1, -0.05) is 30.3 Å². The predicted octanol–water partition coefficient (Wildman–Crippen LogP) is 2.30. The van der Waals surface area contributed by atoms with Crippen LogP contribution in [0.5, 0.6) is 0 Å². The van der Waals surface area contributed by atoms with Gasteiger partial charge in [0.25, 0.3) is 0 Å². The molecule has 0 N–H and O–H groups in total. The Hall–Kier alpha value is -1.90. The lowest BCUT2D eigenvalue weighted by Crippen LogP contribution is -1.88. The molecule has 0 unspecified atom stereocenters. The zero-order chi connectivity index (χ0) is 9.80. The second-order valence-electron chi connectivity index (χ2n) is 3.05. The predicted molar refractivity (Wildman–Crippen MR) is 56.3 cm³/mol. The second kappa shape index (κ2) is 3.87. The number of aromatic nitrogens is 3. The van der Waals surface area contributed by atoms with Gasteiger partial charge in [0.15, 0.2) is 0 Å². The molecule has 0 atom stereocenters. The Labute approximate surface area is 82.7 Å². The molecule has 0 radical (unpaired) electrons. The molecule has 0 bridgehead atoms. The zero-order valence-electron chi connectivity index (χ0n) is 7.96. The maximum Gasteiger partial charge on any atom is 0.138 e. The first kappa shape index (κ1) is 8.69. The van der Waals surface area contributed by atoms with Crippen LogP contribution in [0, 0.1) is 0 Å². The summed E-state index contributed by atoms with van der Waals surface area (Å²) >= 11 is 0. The van der Waals surface area contributed by atoms with E-state index in [-0.39, 0.29) is 0 Å². The molecule has 3 heteroatoms. The van der Waals surface area contributed by atoms with Gasteiger partial charge in [0, 0.05) is 6.20 Å². The van der Waals surface area contributed by atoms with E-state index in [9.17, 15) is 0 Å². The zero-order valence-corrected chi connectivity index (χ0v) is 7.96. The minimum Gasteiger partial charge on any atom is -0.228 e. The van der Waals surface area contributed by atoms with Crippen LogP contribution in [0.1, 0.15) is 12.5 Å². The summed E-state index contributed by atoms with van der Waals surface area (Å²) < 4.78 is 1.70. The van der Waals surface area contributed by atoms with Crippen molar-refractivity contribution in [2.75, 3.05) is 0 Å². The van der Waals surface area contributed by atoms with E-state index in [2.05, 4.69) is 29.1 Å². The molecule has 1 heterocycles. The highest BCUT2D eigenvalue weighted by Gasteiger charge is 1.93. The van der Waals surface area contributed by atoms with Gasteiger partial charge >= 0.3 is 0 Å². The van der Waals surface area contributed by atoms with Gasteiger partial charge < -0.3 is 0 Å². The third kappa shape index (κ3) is 1.88. The average molecular weight is 185 g/mol. The molecule has 0 saturated heterocycles. The molecule has 0 aliphatic carbocycles. The van der Waals surface area contributed by atoms with Gasteiger partial charge in [0.05, 0.1) is 0 Å². The minimum atomic E-state index is 1.16. The first-order chi connectivity index (χ1) is 6.86. The van der Waals surface area contributed by atoms with E-state index in [1.54, 1.807) is 11.0 Å². The minimum absolute atomic E-state index is 1.16. The van der Waals surface area contributed by atoms with Gasteiger partial charge in [-0.2, -0.15) is 5.10 Å². The third-order valence-corrected chi connectivity index (χ3v) is 1.99. The monoisotopic (exact) mass is 185 g/mol. The van der Waals surface area contributed by atoms with E-state index in [4.69, 9.17) is 0 Å². The molecular formula is C11H11N3. The van der Waals surface area contributed by atoms with Crippen molar-refractivity contribution in [2.24, 2.45) is 0 Å². The standard InChI is InChI=1S/C11H11N3/c1-10(7-14-9-12-8-13-14)11-5-3-2-4-6-11/h2-9H,1H3/b10-7-. The molecule has 70 valence electrons. The Bertz CT molecular complexity index is 415. The summed E-state index contributed by atoms with van der Waals surface area (Å²) in [4.78, 5) is 3.88. The molecular weight excluding hydrogens is 174 g/mol. The quantitative estimate of drug-likeness (QED) is 0.718. The van der Waals surface area contributed by atoms with Gasteiger partial charge in [-0.15, -0.1) is 0 Å². The molecule has 0 spiro atoms. The van der Waals surface area contributed by atoms with Crippen molar-refractivity contribution < 1.29 is 0 Å². The van der Waals surface area contributed by atoms with Crippen molar-refractivity contribution in [3.63, 3.8) is 0 Å². The fourth-order valence-electron chi connectivity index (χ4n) is 1.26. The lowest BCUT2D eigenvalue weighted by Gasteiger charge is -2.00. The number of hydrogen-bond donors (Lipinski definition) is 0. The van der Waals surface area contributed by atoms with Crippen LogP contribution in [0.4, 0.5) is 0 Å². The number of nitrogens with zero attached hydrogens (tertiary/aromatic N) is 3. The SMILES string of the molecule is C/C(=C/n1cncn1)c1ccccc1. The molecule has 3 nitrogen and oxygen atoms in total. The Morgan fingerprint density at radius 1 is 1.29 bits per heavy atom. The Kier molecular flexibility index (Phi) is 2.40. The summed E-state index contributed by atoms with van der Waals surface area (Å²) in [5, 5.41) is 4.01. The second-order valence-corrected chi connectivity index (χ2v) is 3.05. The third-order valence-electron chi connectivity index (χ3n) is 1.99. The number of benzene rings is 1. The fraction of sp³-hybridized carbons (Fsp3) is 0.0909. The molecule has 2 rings (SSSR count). The normalized spacial score (nSPS) is 11.6. The molecule has 0 amide bonds. The van der Waals surface area contributed by atoms with Crippen LogP contribution in [-0.2, 0) is 0 Å². The van der Waals surface area contributed by atoms with Gasteiger partial charge in [-0.3, -0.25) is 0 Å². The lowest BCUT2D eigenvalue weighted by molar-refractivity contribution is 0.934. The Balaban J connectivity index is 2.29. The highest BCUT2D eigenvalue weighted by atomic mass is 15.3. The van der Waals surface area contributed by atoms with E-state index in [1.165, 1.54) is 11.9 Å². The number of allylic oxidation sites excluding steroid dienone is 1. The van der Waals surface area contributed by atoms with E-state index in [1.807, 2.05) is 24.4 Å². The van der Waals surface area contributed by atoms with E-state index in [0.29, 0.717) is 0 Å². The fourth-order valence-corrected chi connectivity index (χ4v) is 1.26. The van der Waals surface area contributed by atoms with E-state index < -0.39 is 0 Å². The van der Waals surface area contributed by atoms with Crippen LogP contribution < -0.4 is 0 Å². The molecule has 0 aliphatic rings. The van der Waals surface area contributed by atoms with Crippen molar-refractivity contribution in [2.45, 2.75) is 6.92 Å². The summed E-state index contributed by atoms with van der Waals surface area (Å²) in [5.41, 5.74) is 2.36. The molecule has 0 aliphatic heterocycles. The van der Waals surface area contributed by atoms with E-state index in [0.717, 1.165) is 5.57 Å². The van der Waals surface area contributed by atoms with Gasteiger partial charge in [0.2, 0.25) is 0 Å². The topological polar surface area (TPSA) is 30.7 Å². The van der Waals surface area contributed by atoms with Gasteiger partial charge in [-0.05, 0) is 18.1 Å². The van der Waals surface area contributed by atoms with Crippen LogP contribution in [0.15, 0.2) is 43.0 Å². The maximum absolute atomic E-state index is 4.01. The number of hydrogen-bond acceptors (Lipinski definition) is 2. The van der Waals surface area contributed by atoms with Crippen LogP contribution in [0.25, 0.3) is 11.8 Å². The van der Waals surface area contributed by atoms with Crippen LogP contribution >= 0.6 is 0 Å². The molecule has 14 heavy (non-hydrogen) atoms. The smallest absolute Gasteiger partial charge is 0.138 e. The Morgan fingerprint density at radius 2 is 2.07 bits per heavy atom. The summed E-state index contributed by atoms with van der Waals surface area (Å²) in [6, 6.07) is 10.2. The van der Waals surface area contributed by atoms with Crippen LogP contribution in [-0.4, -0.2) is 14.8 Å². The molecule has 1 aromatic carbocycles. The van der Waals surface area contributed by atoms with Crippen LogP contribution in [0.2, 0.25) is 0 Å². The molecule has 2 aromatic rings. The highest BCUT2D eigenvalue weighted by molar-refractivity contribution is 5.73. The van der Waals surface area contributed by atoms with Crippen molar-refractivity contribution in [3.05, 3.63) is 48.5 Å². The number of rotatable bonds is 2. The first-order valence-electron chi connectivity index (χ1n) is 4.44. The molecule has 1 aromatic heterocycles. The Morgan fingerprint density at radius 3 is 2.71 bits per heavy atom. The summed E-state index contributed by atoms with van der Waals surface area (Å²) in [5.74, 6) is 0. The van der Waals surface area contributed by atoms with Crippen LogP contribution in [0.3, 0.4) is 0 Å². The molecule has 0 fully saturated rings. The maximum atomic E-state index is 4.01.